The third-order valence-electron chi connectivity index (χ3n) is 2.47. The zero-order chi connectivity index (χ0) is 13.7. The Kier molecular flexibility index (Phi) is 6.20. The minimum absolute atomic E-state index is 0.539. The second-order valence-corrected chi connectivity index (χ2v) is 6.38. The maximum absolute atomic E-state index is 5.73. The molecule has 0 aromatic heterocycles. The van der Waals surface area contributed by atoms with Gasteiger partial charge in [0.05, 0.1) is 0 Å². The zero-order valence-corrected chi connectivity index (χ0v) is 12.1. The highest BCUT2D eigenvalue weighted by atomic mass is 28.4. The van der Waals surface area contributed by atoms with Gasteiger partial charge in [-0.15, -0.1) is 0 Å². The molecule has 0 saturated carbocycles. The number of rotatable bonds is 6. The SMILES string of the molecule is CC=C(C(=CC)[Si](OC)(OC)OC)C(N)(N)N. The van der Waals surface area contributed by atoms with Crippen LogP contribution in [0.1, 0.15) is 13.8 Å². The molecule has 0 spiro atoms. The Morgan fingerprint density at radius 1 is 0.941 bits per heavy atom. The normalized spacial score (nSPS) is 15.3. The maximum atomic E-state index is 5.73. The molecule has 0 aliphatic heterocycles. The quantitative estimate of drug-likeness (QED) is 0.348. The van der Waals surface area contributed by atoms with Crippen molar-refractivity contribution in [3.8, 4) is 0 Å². The molecule has 6 nitrogen and oxygen atoms in total. The molecule has 17 heavy (non-hydrogen) atoms. The minimum atomic E-state index is -2.99. The lowest BCUT2D eigenvalue weighted by molar-refractivity contribution is 0.134. The molecule has 0 radical (unpaired) electrons. The largest absolute Gasteiger partial charge is 0.536 e. The van der Waals surface area contributed by atoms with E-state index in [0.717, 1.165) is 0 Å². The van der Waals surface area contributed by atoms with E-state index in [-0.39, 0.29) is 0 Å². The summed E-state index contributed by atoms with van der Waals surface area (Å²) in [7, 11) is 1.56. The lowest BCUT2D eigenvalue weighted by Crippen LogP contribution is -2.62. The van der Waals surface area contributed by atoms with Gasteiger partial charge in [0, 0.05) is 32.1 Å². The summed E-state index contributed by atoms with van der Waals surface area (Å²) < 4.78 is 16.2. The van der Waals surface area contributed by atoms with Crippen molar-refractivity contribution >= 4 is 8.80 Å². The second kappa shape index (κ2) is 6.41. The molecule has 6 N–H and O–H groups in total. The van der Waals surface area contributed by atoms with Crippen LogP contribution in [0.25, 0.3) is 0 Å². The van der Waals surface area contributed by atoms with E-state index in [2.05, 4.69) is 0 Å². The molecule has 0 aromatic carbocycles. The van der Waals surface area contributed by atoms with Crippen molar-refractivity contribution in [2.24, 2.45) is 17.2 Å². The Labute approximate surface area is 104 Å². The van der Waals surface area contributed by atoms with Gasteiger partial charge in [0.1, 0.15) is 5.79 Å². The molecule has 100 valence electrons. The summed E-state index contributed by atoms with van der Waals surface area (Å²) in [4.78, 5) is 0. The van der Waals surface area contributed by atoms with Gasteiger partial charge in [-0.25, -0.2) is 0 Å². The Hall–Kier alpha value is -0.543. The van der Waals surface area contributed by atoms with Gasteiger partial charge in [0.15, 0.2) is 0 Å². The van der Waals surface area contributed by atoms with Crippen molar-refractivity contribution in [2.75, 3.05) is 21.3 Å². The molecule has 0 unspecified atom stereocenters. The van der Waals surface area contributed by atoms with Crippen LogP contribution in [0.3, 0.4) is 0 Å². The molecule has 0 fully saturated rings. The van der Waals surface area contributed by atoms with E-state index < -0.39 is 14.6 Å². The highest BCUT2D eigenvalue weighted by molar-refractivity contribution is 6.70. The van der Waals surface area contributed by atoms with Crippen LogP contribution in [0, 0.1) is 0 Å². The molecule has 0 aliphatic carbocycles. The fourth-order valence-electron chi connectivity index (χ4n) is 1.72. The summed E-state index contributed by atoms with van der Waals surface area (Å²) >= 11 is 0. The van der Waals surface area contributed by atoms with Crippen molar-refractivity contribution in [2.45, 2.75) is 19.6 Å². The highest BCUT2D eigenvalue weighted by Gasteiger charge is 2.46. The zero-order valence-electron chi connectivity index (χ0n) is 11.1. The van der Waals surface area contributed by atoms with Crippen LogP contribution in [0.5, 0.6) is 0 Å². The third kappa shape index (κ3) is 3.46. The molecule has 0 bridgehead atoms. The van der Waals surface area contributed by atoms with Crippen LogP contribution in [-0.4, -0.2) is 35.9 Å². The standard InChI is InChI=1S/C10H23N3O3Si/c1-6-8(10(11,12)13)9(7-2)17(14-3,15-4)16-5/h6-7H,11-13H2,1-5H3. The van der Waals surface area contributed by atoms with Crippen LogP contribution in [0.15, 0.2) is 22.9 Å². The van der Waals surface area contributed by atoms with Gasteiger partial charge in [-0.3, -0.25) is 17.2 Å². The smallest absolute Gasteiger partial charge is 0.373 e. The van der Waals surface area contributed by atoms with Crippen LogP contribution in [0.2, 0.25) is 0 Å². The average Bonchev–Trinajstić information content (AvgIpc) is 2.28. The molecule has 7 heteroatoms. The molecule has 0 amide bonds. The number of hydrogen-bond donors (Lipinski definition) is 3. The van der Waals surface area contributed by atoms with Gasteiger partial charge in [0.25, 0.3) is 0 Å². The number of nitrogens with two attached hydrogens (primary N) is 3. The predicted molar refractivity (Wildman–Crippen MR) is 69.6 cm³/mol. The van der Waals surface area contributed by atoms with Crippen molar-refractivity contribution in [3.05, 3.63) is 22.9 Å². The van der Waals surface area contributed by atoms with E-state index >= 15 is 0 Å². The van der Waals surface area contributed by atoms with Crippen molar-refractivity contribution < 1.29 is 13.3 Å². The first-order valence-corrected chi connectivity index (χ1v) is 6.91. The Balaban J connectivity index is 5.64. The van der Waals surface area contributed by atoms with Gasteiger partial charge in [-0.2, -0.15) is 0 Å². The van der Waals surface area contributed by atoms with E-state index in [1.807, 2.05) is 6.92 Å². The fraction of sp³-hybridized carbons (Fsp3) is 0.600. The number of allylic oxidation sites excluding steroid dienone is 2. The second-order valence-electron chi connectivity index (χ2n) is 3.51. The monoisotopic (exact) mass is 261 g/mol. The Bertz CT molecular complexity index is 298. The Morgan fingerprint density at radius 2 is 1.35 bits per heavy atom. The molecular formula is C10H23N3O3Si. The molecule has 0 rings (SSSR count). The van der Waals surface area contributed by atoms with Gasteiger partial charge < -0.3 is 13.3 Å². The van der Waals surface area contributed by atoms with Crippen molar-refractivity contribution in [3.63, 3.8) is 0 Å². The van der Waals surface area contributed by atoms with Crippen LogP contribution in [0.4, 0.5) is 0 Å². The molecule has 0 aromatic rings. The topological polar surface area (TPSA) is 106 Å². The van der Waals surface area contributed by atoms with Crippen LogP contribution < -0.4 is 17.2 Å². The van der Waals surface area contributed by atoms with Gasteiger partial charge >= 0.3 is 8.80 Å². The molecule has 0 saturated heterocycles. The van der Waals surface area contributed by atoms with E-state index in [9.17, 15) is 0 Å². The first kappa shape index (κ1) is 16.5. The van der Waals surface area contributed by atoms with Gasteiger partial charge in [-0.1, -0.05) is 12.2 Å². The van der Waals surface area contributed by atoms with Crippen molar-refractivity contribution in [1.82, 2.24) is 0 Å². The van der Waals surface area contributed by atoms with Gasteiger partial charge in [0.2, 0.25) is 0 Å². The first-order chi connectivity index (χ1) is 7.82. The fourth-order valence-corrected chi connectivity index (χ4v) is 3.92. The van der Waals surface area contributed by atoms with E-state index in [1.165, 1.54) is 21.3 Å². The van der Waals surface area contributed by atoms with E-state index in [1.54, 1.807) is 19.1 Å². The van der Waals surface area contributed by atoms with Crippen LogP contribution >= 0.6 is 0 Å². The minimum Gasteiger partial charge on any atom is -0.373 e. The Morgan fingerprint density at radius 3 is 1.53 bits per heavy atom. The lowest BCUT2D eigenvalue weighted by Gasteiger charge is -2.32. The summed E-state index contributed by atoms with van der Waals surface area (Å²) in [6.07, 6.45) is 3.52. The molecular weight excluding hydrogens is 238 g/mol. The summed E-state index contributed by atoms with van der Waals surface area (Å²) in [5, 5.41) is 0.667. The highest BCUT2D eigenvalue weighted by Crippen LogP contribution is 2.27. The third-order valence-corrected chi connectivity index (χ3v) is 5.30. The van der Waals surface area contributed by atoms with Crippen molar-refractivity contribution in [1.29, 1.82) is 0 Å². The van der Waals surface area contributed by atoms with Crippen LogP contribution in [-0.2, 0) is 13.3 Å². The van der Waals surface area contributed by atoms with E-state index in [0.29, 0.717) is 10.8 Å². The lowest BCUT2D eigenvalue weighted by atomic mass is 10.1. The summed E-state index contributed by atoms with van der Waals surface area (Å²) in [6, 6.07) is 0. The summed E-state index contributed by atoms with van der Waals surface area (Å²) in [5.41, 5.74) is 17.7. The first-order valence-electron chi connectivity index (χ1n) is 5.19. The maximum Gasteiger partial charge on any atom is 0.536 e. The average molecular weight is 261 g/mol. The summed E-state index contributed by atoms with van der Waals surface area (Å²) in [5.74, 6) is -1.47. The van der Waals surface area contributed by atoms with E-state index in [4.69, 9.17) is 30.5 Å². The molecule has 0 atom stereocenters. The number of hydrogen-bond acceptors (Lipinski definition) is 6. The molecule has 0 aliphatic rings. The molecule has 0 heterocycles. The summed E-state index contributed by atoms with van der Waals surface area (Å²) in [6.45, 7) is 3.61. The van der Waals surface area contributed by atoms with Gasteiger partial charge in [-0.05, 0) is 13.8 Å². The predicted octanol–water partition coefficient (Wildman–Crippen LogP) is -0.174.